The van der Waals surface area contributed by atoms with Crippen LogP contribution in [-0.4, -0.2) is 15.4 Å². The molecule has 4 heteroatoms. The van der Waals surface area contributed by atoms with Crippen LogP contribution in [0.25, 0.3) is 0 Å². The molecule has 10 heavy (non-hydrogen) atoms. The number of nitrogens with zero attached hydrogens (tertiary/aromatic N) is 2. The first kappa shape index (κ1) is 6.80. The lowest BCUT2D eigenvalue weighted by Crippen LogP contribution is -2.12. The molecule has 0 amide bonds. The molecule has 0 bridgehead atoms. The van der Waals surface area contributed by atoms with Gasteiger partial charge in [0.2, 0.25) is 0 Å². The van der Waals surface area contributed by atoms with Crippen molar-refractivity contribution >= 4 is 5.84 Å². The Hall–Kier alpha value is -1.32. The summed E-state index contributed by atoms with van der Waals surface area (Å²) < 4.78 is 1.89. The van der Waals surface area contributed by atoms with E-state index in [0.717, 1.165) is 6.54 Å². The van der Waals surface area contributed by atoms with Gasteiger partial charge in [-0.05, 0) is 0 Å². The summed E-state index contributed by atoms with van der Waals surface area (Å²) in [5, 5.41) is 6.94. The normalized spacial score (nSPS) is 9.60. The van der Waals surface area contributed by atoms with E-state index in [2.05, 4.69) is 4.98 Å². The van der Waals surface area contributed by atoms with Gasteiger partial charge in [-0.3, -0.25) is 5.41 Å². The average Bonchev–Trinajstić information content (AvgIpc) is 2.34. The molecule has 0 aromatic carbocycles. The summed E-state index contributed by atoms with van der Waals surface area (Å²) in [5.74, 6) is 0.216. The number of rotatable bonds is 3. The Morgan fingerprint density at radius 2 is 2.50 bits per heavy atom. The van der Waals surface area contributed by atoms with Crippen molar-refractivity contribution in [1.29, 1.82) is 5.41 Å². The number of aryl methyl sites for hydroxylation is 1. The lowest BCUT2D eigenvalue weighted by Gasteiger charge is -1.98. The maximum atomic E-state index is 6.94. The minimum atomic E-state index is 0.216. The highest BCUT2D eigenvalue weighted by Crippen LogP contribution is 1.88. The van der Waals surface area contributed by atoms with Gasteiger partial charge >= 0.3 is 0 Å². The van der Waals surface area contributed by atoms with Crippen LogP contribution in [-0.2, 0) is 6.54 Å². The summed E-state index contributed by atoms with van der Waals surface area (Å²) in [6, 6.07) is 0. The van der Waals surface area contributed by atoms with Crippen LogP contribution in [0, 0.1) is 5.41 Å². The molecule has 3 N–H and O–H groups in total. The first-order chi connectivity index (χ1) is 4.79. The van der Waals surface area contributed by atoms with E-state index >= 15 is 0 Å². The van der Waals surface area contributed by atoms with Gasteiger partial charge in [-0.1, -0.05) is 0 Å². The van der Waals surface area contributed by atoms with Crippen molar-refractivity contribution in [3.8, 4) is 0 Å². The summed E-state index contributed by atoms with van der Waals surface area (Å²) in [5.41, 5.74) is 5.16. The largest absolute Gasteiger partial charge is 0.388 e. The molecule has 0 spiro atoms. The number of imidazole rings is 1. The molecule has 0 radical (unpaired) electrons. The van der Waals surface area contributed by atoms with Crippen LogP contribution in [0.3, 0.4) is 0 Å². The number of amidine groups is 1. The van der Waals surface area contributed by atoms with Crippen molar-refractivity contribution in [1.82, 2.24) is 9.55 Å². The van der Waals surface area contributed by atoms with Crippen molar-refractivity contribution in [2.75, 3.05) is 0 Å². The van der Waals surface area contributed by atoms with Crippen molar-refractivity contribution in [3.05, 3.63) is 18.7 Å². The summed E-state index contributed by atoms with van der Waals surface area (Å²) >= 11 is 0. The van der Waals surface area contributed by atoms with Gasteiger partial charge in [0, 0.05) is 25.4 Å². The van der Waals surface area contributed by atoms with Crippen LogP contribution in [0.2, 0.25) is 0 Å². The zero-order chi connectivity index (χ0) is 7.40. The smallest absolute Gasteiger partial charge is 0.0946 e. The van der Waals surface area contributed by atoms with Crippen LogP contribution in [0.1, 0.15) is 6.42 Å². The second-order valence-electron chi connectivity index (χ2n) is 2.08. The predicted octanol–water partition coefficient (Wildman–Crippen LogP) is 0.209. The molecule has 1 rings (SSSR count). The number of nitrogens with two attached hydrogens (primary N) is 1. The number of aromatic nitrogens is 2. The van der Waals surface area contributed by atoms with E-state index in [9.17, 15) is 0 Å². The standard InChI is InChI=1S/C6H10N4/c7-6(8)1-3-10-4-2-9-5-10/h2,4-5H,1,3H2,(H3,7,8). The lowest BCUT2D eigenvalue weighted by molar-refractivity contribution is 0.720. The van der Waals surface area contributed by atoms with Crippen molar-refractivity contribution in [3.63, 3.8) is 0 Å². The van der Waals surface area contributed by atoms with E-state index in [4.69, 9.17) is 11.1 Å². The number of hydrogen-bond acceptors (Lipinski definition) is 2. The Morgan fingerprint density at radius 1 is 1.70 bits per heavy atom. The van der Waals surface area contributed by atoms with Gasteiger partial charge in [0.1, 0.15) is 0 Å². The number of hydrogen-bond donors (Lipinski definition) is 2. The fourth-order valence-corrected chi connectivity index (χ4v) is 0.669. The highest BCUT2D eigenvalue weighted by atomic mass is 15.0. The SMILES string of the molecule is N=C(N)CCn1ccnc1. The molecule has 0 atom stereocenters. The molecule has 4 nitrogen and oxygen atoms in total. The molecule has 0 aliphatic carbocycles. The summed E-state index contributed by atoms with van der Waals surface area (Å²) in [7, 11) is 0. The topological polar surface area (TPSA) is 67.7 Å². The second-order valence-corrected chi connectivity index (χ2v) is 2.08. The molecule has 1 heterocycles. The van der Waals surface area contributed by atoms with Gasteiger partial charge in [-0.15, -0.1) is 0 Å². The van der Waals surface area contributed by atoms with E-state index in [1.807, 2.05) is 10.8 Å². The van der Waals surface area contributed by atoms with Gasteiger partial charge in [0.15, 0.2) is 0 Å². The zero-order valence-electron chi connectivity index (χ0n) is 5.62. The first-order valence-corrected chi connectivity index (χ1v) is 3.07. The third-order valence-electron chi connectivity index (χ3n) is 1.20. The van der Waals surface area contributed by atoms with E-state index in [1.165, 1.54) is 0 Å². The lowest BCUT2D eigenvalue weighted by atomic mass is 10.4. The Labute approximate surface area is 59.2 Å². The molecule has 0 saturated carbocycles. The molecule has 1 aromatic rings. The highest BCUT2D eigenvalue weighted by Gasteiger charge is 1.90. The Kier molecular flexibility index (Phi) is 2.04. The Balaban J connectivity index is 2.35. The maximum Gasteiger partial charge on any atom is 0.0946 e. The third-order valence-corrected chi connectivity index (χ3v) is 1.20. The third kappa shape index (κ3) is 1.89. The quantitative estimate of drug-likeness (QED) is 0.463. The van der Waals surface area contributed by atoms with Gasteiger partial charge in [-0.25, -0.2) is 4.98 Å². The molecule has 0 aliphatic rings. The van der Waals surface area contributed by atoms with Gasteiger partial charge in [-0.2, -0.15) is 0 Å². The average molecular weight is 138 g/mol. The highest BCUT2D eigenvalue weighted by molar-refractivity contribution is 5.76. The van der Waals surface area contributed by atoms with Crippen LogP contribution >= 0.6 is 0 Å². The van der Waals surface area contributed by atoms with E-state index in [-0.39, 0.29) is 5.84 Å². The second kappa shape index (κ2) is 3.00. The zero-order valence-corrected chi connectivity index (χ0v) is 5.62. The molecular formula is C6H10N4. The van der Waals surface area contributed by atoms with Gasteiger partial charge < -0.3 is 10.3 Å². The molecule has 0 fully saturated rings. The fraction of sp³-hybridized carbons (Fsp3) is 0.333. The summed E-state index contributed by atoms with van der Waals surface area (Å²) in [4.78, 5) is 3.85. The summed E-state index contributed by atoms with van der Waals surface area (Å²) in [6.07, 6.45) is 5.86. The van der Waals surface area contributed by atoms with Crippen LogP contribution in [0.4, 0.5) is 0 Å². The van der Waals surface area contributed by atoms with Crippen LogP contribution < -0.4 is 5.73 Å². The van der Waals surface area contributed by atoms with Gasteiger partial charge in [0.05, 0.1) is 12.2 Å². The van der Waals surface area contributed by atoms with E-state index < -0.39 is 0 Å². The minimum absolute atomic E-state index is 0.216. The monoisotopic (exact) mass is 138 g/mol. The molecule has 0 unspecified atom stereocenters. The minimum Gasteiger partial charge on any atom is -0.388 e. The molecule has 0 saturated heterocycles. The van der Waals surface area contributed by atoms with Crippen LogP contribution in [0.5, 0.6) is 0 Å². The van der Waals surface area contributed by atoms with Crippen molar-refractivity contribution in [2.45, 2.75) is 13.0 Å². The molecule has 54 valence electrons. The van der Waals surface area contributed by atoms with Gasteiger partial charge in [0.25, 0.3) is 0 Å². The predicted molar refractivity (Wildman–Crippen MR) is 38.8 cm³/mol. The molecule has 1 aromatic heterocycles. The molecular weight excluding hydrogens is 128 g/mol. The van der Waals surface area contributed by atoms with E-state index in [0.29, 0.717) is 6.42 Å². The Morgan fingerprint density at radius 3 is 3.00 bits per heavy atom. The Bertz CT molecular complexity index is 202. The van der Waals surface area contributed by atoms with Crippen molar-refractivity contribution in [2.24, 2.45) is 5.73 Å². The van der Waals surface area contributed by atoms with Crippen molar-refractivity contribution < 1.29 is 0 Å². The first-order valence-electron chi connectivity index (χ1n) is 3.07. The molecule has 0 aliphatic heterocycles. The van der Waals surface area contributed by atoms with E-state index in [1.54, 1.807) is 12.5 Å². The van der Waals surface area contributed by atoms with Crippen LogP contribution in [0.15, 0.2) is 18.7 Å². The number of nitrogens with one attached hydrogen (secondary N) is 1. The summed E-state index contributed by atoms with van der Waals surface area (Å²) in [6.45, 7) is 0.745. The maximum absolute atomic E-state index is 6.94. The fourth-order valence-electron chi connectivity index (χ4n) is 0.669.